The number of hydrogen-bond donors (Lipinski definition) is 2. The molecule has 2 N–H and O–H groups in total. The van der Waals surface area contributed by atoms with E-state index in [0.717, 1.165) is 17.7 Å². The van der Waals surface area contributed by atoms with E-state index in [2.05, 4.69) is 10.4 Å². The molecule has 6 heteroatoms. The highest BCUT2D eigenvalue weighted by Gasteiger charge is 2.17. The molecule has 1 unspecified atom stereocenters. The van der Waals surface area contributed by atoms with Crippen molar-refractivity contribution >= 4 is 17.6 Å². The van der Waals surface area contributed by atoms with Crippen LogP contribution in [-0.2, 0) is 11.2 Å². The number of anilines is 1. The van der Waals surface area contributed by atoms with Crippen molar-refractivity contribution in [2.75, 3.05) is 5.32 Å². The summed E-state index contributed by atoms with van der Waals surface area (Å²) in [6.45, 7) is 3.51. The predicted octanol–water partition coefficient (Wildman–Crippen LogP) is 2.34. The minimum atomic E-state index is -0.999. The molecule has 0 saturated heterocycles. The summed E-state index contributed by atoms with van der Waals surface area (Å²) >= 11 is 0. The van der Waals surface area contributed by atoms with E-state index in [-0.39, 0.29) is 5.91 Å². The topological polar surface area (TPSA) is 84.2 Å². The number of rotatable bonds is 5. The lowest BCUT2D eigenvalue weighted by molar-refractivity contribution is -0.140. The second-order valence-corrected chi connectivity index (χ2v) is 4.69. The molecule has 1 aromatic carbocycles. The van der Waals surface area contributed by atoms with Gasteiger partial charge in [-0.1, -0.05) is 25.1 Å². The molecule has 110 valence electrons. The second-order valence-electron chi connectivity index (χ2n) is 4.69. The Morgan fingerprint density at radius 3 is 2.76 bits per heavy atom. The molecule has 6 nitrogen and oxygen atoms in total. The van der Waals surface area contributed by atoms with E-state index in [1.807, 2.05) is 31.2 Å². The Labute approximate surface area is 122 Å². The van der Waals surface area contributed by atoms with Crippen molar-refractivity contribution in [3.05, 3.63) is 47.8 Å². The second kappa shape index (κ2) is 6.21. The number of para-hydroxylation sites is 1. The summed E-state index contributed by atoms with van der Waals surface area (Å²) in [7, 11) is 0. The normalized spacial score (nSPS) is 11.9. The van der Waals surface area contributed by atoms with Crippen LogP contribution in [0.15, 0.2) is 36.7 Å². The molecule has 0 aliphatic heterocycles. The molecular weight excluding hydrogens is 270 g/mol. The number of nitrogens with one attached hydrogen (secondary N) is 1. The van der Waals surface area contributed by atoms with Gasteiger partial charge in [0.1, 0.15) is 6.04 Å². The lowest BCUT2D eigenvalue weighted by Crippen LogP contribution is -2.16. The number of aromatic nitrogens is 2. The number of aryl methyl sites for hydroxylation is 1. The monoisotopic (exact) mass is 287 g/mol. The summed E-state index contributed by atoms with van der Waals surface area (Å²) in [6, 6.07) is 6.74. The molecule has 0 bridgehead atoms. The van der Waals surface area contributed by atoms with Crippen LogP contribution in [0, 0.1) is 0 Å². The first kappa shape index (κ1) is 14.8. The van der Waals surface area contributed by atoms with Crippen molar-refractivity contribution in [3.63, 3.8) is 0 Å². The largest absolute Gasteiger partial charge is 0.480 e. The van der Waals surface area contributed by atoms with E-state index in [1.165, 1.54) is 24.0 Å². The zero-order valence-corrected chi connectivity index (χ0v) is 11.9. The fourth-order valence-electron chi connectivity index (χ4n) is 1.93. The van der Waals surface area contributed by atoms with Crippen molar-refractivity contribution in [3.8, 4) is 0 Å². The molecule has 0 fully saturated rings. The Kier molecular flexibility index (Phi) is 4.37. The minimum absolute atomic E-state index is 0.306. The number of benzene rings is 1. The van der Waals surface area contributed by atoms with Crippen molar-refractivity contribution in [1.29, 1.82) is 0 Å². The molecule has 2 rings (SSSR count). The van der Waals surface area contributed by atoms with Gasteiger partial charge in [0.2, 0.25) is 0 Å². The number of hydrogen-bond acceptors (Lipinski definition) is 3. The van der Waals surface area contributed by atoms with Crippen LogP contribution in [0.2, 0.25) is 0 Å². The third-order valence-corrected chi connectivity index (χ3v) is 3.26. The summed E-state index contributed by atoms with van der Waals surface area (Å²) < 4.78 is 1.25. The summed E-state index contributed by atoms with van der Waals surface area (Å²) in [5.74, 6) is -1.30. The molecule has 0 aliphatic carbocycles. The Hall–Kier alpha value is -2.63. The quantitative estimate of drug-likeness (QED) is 0.884. The first-order valence-electron chi connectivity index (χ1n) is 6.69. The summed E-state index contributed by atoms with van der Waals surface area (Å²) in [5.41, 5.74) is 2.12. The molecule has 1 amide bonds. The Bertz CT molecular complexity index is 664. The zero-order valence-electron chi connectivity index (χ0n) is 11.9. The number of amides is 1. The Balaban J connectivity index is 2.16. The van der Waals surface area contributed by atoms with Crippen molar-refractivity contribution < 1.29 is 14.7 Å². The number of carboxylic acid groups (broad SMARTS) is 1. The van der Waals surface area contributed by atoms with E-state index < -0.39 is 12.0 Å². The van der Waals surface area contributed by atoms with Crippen LogP contribution in [0.25, 0.3) is 0 Å². The minimum Gasteiger partial charge on any atom is -0.480 e. The van der Waals surface area contributed by atoms with E-state index in [4.69, 9.17) is 5.11 Å². The van der Waals surface area contributed by atoms with Crippen LogP contribution >= 0.6 is 0 Å². The van der Waals surface area contributed by atoms with Crippen molar-refractivity contribution in [1.82, 2.24) is 9.78 Å². The van der Waals surface area contributed by atoms with Gasteiger partial charge in [0, 0.05) is 11.9 Å². The predicted molar refractivity (Wildman–Crippen MR) is 78.3 cm³/mol. The molecule has 2 aromatic rings. The van der Waals surface area contributed by atoms with E-state index in [9.17, 15) is 9.59 Å². The standard InChI is InChI=1S/C15H17N3O3/c1-3-11-6-4-5-7-13(11)17-14(19)12-8-16-18(9-12)10(2)15(20)21/h4-10H,3H2,1-2H3,(H,17,19)(H,20,21). The lowest BCUT2D eigenvalue weighted by atomic mass is 10.1. The third-order valence-electron chi connectivity index (χ3n) is 3.26. The van der Waals surface area contributed by atoms with Gasteiger partial charge in [-0.05, 0) is 25.0 Å². The average Bonchev–Trinajstić information content (AvgIpc) is 2.96. The van der Waals surface area contributed by atoms with Crippen LogP contribution < -0.4 is 5.32 Å². The van der Waals surface area contributed by atoms with Gasteiger partial charge in [0.05, 0.1) is 11.8 Å². The smallest absolute Gasteiger partial charge is 0.328 e. The fraction of sp³-hybridized carbons (Fsp3) is 0.267. The van der Waals surface area contributed by atoms with Gasteiger partial charge in [0.15, 0.2) is 0 Å². The maximum Gasteiger partial charge on any atom is 0.328 e. The van der Waals surface area contributed by atoms with Gasteiger partial charge in [-0.3, -0.25) is 9.48 Å². The highest BCUT2D eigenvalue weighted by atomic mass is 16.4. The highest BCUT2D eigenvalue weighted by Crippen LogP contribution is 2.17. The first-order chi connectivity index (χ1) is 10.0. The van der Waals surface area contributed by atoms with Gasteiger partial charge >= 0.3 is 5.97 Å². The highest BCUT2D eigenvalue weighted by molar-refractivity contribution is 6.04. The molecule has 0 aliphatic rings. The van der Waals surface area contributed by atoms with Crippen LogP contribution in [0.4, 0.5) is 5.69 Å². The average molecular weight is 287 g/mol. The van der Waals surface area contributed by atoms with E-state index >= 15 is 0 Å². The van der Waals surface area contributed by atoms with Gasteiger partial charge in [-0.25, -0.2) is 4.79 Å². The number of carbonyl (C=O) groups excluding carboxylic acids is 1. The molecule has 1 aromatic heterocycles. The van der Waals surface area contributed by atoms with Gasteiger partial charge < -0.3 is 10.4 Å². The van der Waals surface area contributed by atoms with Crippen molar-refractivity contribution in [2.45, 2.75) is 26.3 Å². The fourth-order valence-corrected chi connectivity index (χ4v) is 1.93. The van der Waals surface area contributed by atoms with Crippen LogP contribution in [0.3, 0.4) is 0 Å². The van der Waals surface area contributed by atoms with E-state index in [1.54, 1.807) is 0 Å². The Morgan fingerprint density at radius 2 is 2.10 bits per heavy atom. The summed E-state index contributed by atoms with van der Waals surface area (Å²) in [4.78, 5) is 23.1. The molecule has 0 saturated carbocycles. The van der Waals surface area contributed by atoms with Crippen LogP contribution in [-0.4, -0.2) is 26.8 Å². The van der Waals surface area contributed by atoms with Gasteiger partial charge in [-0.2, -0.15) is 5.10 Å². The van der Waals surface area contributed by atoms with Gasteiger partial charge in [-0.15, -0.1) is 0 Å². The lowest BCUT2D eigenvalue weighted by Gasteiger charge is -2.08. The number of nitrogens with zero attached hydrogens (tertiary/aromatic N) is 2. The van der Waals surface area contributed by atoms with E-state index in [0.29, 0.717) is 5.56 Å². The number of carboxylic acids is 1. The van der Waals surface area contributed by atoms with Crippen molar-refractivity contribution in [2.24, 2.45) is 0 Å². The first-order valence-corrected chi connectivity index (χ1v) is 6.69. The molecule has 0 spiro atoms. The number of aliphatic carboxylic acids is 1. The molecule has 0 radical (unpaired) electrons. The zero-order chi connectivity index (χ0) is 15.4. The SMILES string of the molecule is CCc1ccccc1NC(=O)c1cnn(C(C)C(=O)O)c1. The molecule has 1 atom stereocenters. The van der Waals surface area contributed by atoms with Gasteiger partial charge in [0.25, 0.3) is 5.91 Å². The maximum atomic E-state index is 12.2. The summed E-state index contributed by atoms with van der Waals surface area (Å²) in [5, 5.41) is 15.7. The Morgan fingerprint density at radius 1 is 1.38 bits per heavy atom. The van der Waals surface area contributed by atoms with Crippen LogP contribution in [0.1, 0.15) is 35.8 Å². The molecule has 1 heterocycles. The number of carbonyl (C=O) groups is 2. The molecule has 21 heavy (non-hydrogen) atoms. The third kappa shape index (κ3) is 3.28. The summed E-state index contributed by atoms with van der Waals surface area (Å²) in [6.07, 6.45) is 3.61. The maximum absolute atomic E-state index is 12.2. The van der Waals surface area contributed by atoms with Crippen LogP contribution in [0.5, 0.6) is 0 Å². The molecular formula is C15H17N3O3.